The summed E-state index contributed by atoms with van der Waals surface area (Å²) in [6.07, 6.45) is 2.37. The lowest BCUT2D eigenvalue weighted by Gasteiger charge is -2.29. The van der Waals surface area contributed by atoms with Gasteiger partial charge in [-0.25, -0.2) is 4.39 Å². The lowest BCUT2D eigenvalue weighted by molar-refractivity contribution is -0.126. The zero-order chi connectivity index (χ0) is 18.0. The van der Waals surface area contributed by atoms with E-state index in [1.54, 1.807) is 12.1 Å². The number of carbonyl (C=O) groups excluding carboxylic acids is 1. The molecule has 1 aliphatic rings. The quantitative estimate of drug-likeness (QED) is 0.898. The number of hydrogen-bond donors (Lipinski definition) is 1. The molecule has 0 radical (unpaired) electrons. The van der Waals surface area contributed by atoms with Gasteiger partial charge < -0.3 is 9.88 Å². The molecule has 6 nitrogen and oxygen atoms in total. The average molecular weight is 345 g/mol. The molecule has 1 aliphatic heterocycles. The highest BCUT2D eigenvalue weighted by atomic mass is 19.1. The molecule has 0 spiro atoms. The summed E-state index contributed by atoms with van der Waals surface area (Å²) in [5.74, 6) is 1.40. The number of hydrogen-bond acceptors (Lipinski definition) is 4. The van der Waals surface area contributed by atoms with Gasteiger partial charge in [-0.2, -0.15) is 0 Å². The molecular weight excluding hydrogens is 321 g/mol. The summed E-state index contributed by atoms with van der Waals surface area (Å²) in [5.41, 5.74) is 0.826. The first-order valence-corrected chi connectivity index (χ1v) is 8.64. The third-order valence-electron chi connectivity index (χ3n) is 4.71. The number of likely N-dealkylation sites (N-methyl/N-ethyl adjacent to an activating group) is 1. The second-order valence-electron chi connectivity index (χ2n) is 6.69. The number of nitrogens with zero attached hydrogens (tertiary/aromatic N) is 4. The van der Waals surface area contributed by atoms with E-state index in [1.165, 1.54) is 12.1 Å². The number of carbonyl (C=O) groups is 1. The van der Waals surface area contributed by atoms with Gasteiger partial charge in [-0.05, 0) is 51.2 Å². The minimum absolute atomic E-state index is 0.0456. The van der Waals surface area contributed by atoms with Crippen LogP contribution in [0.5, 0.6) is 0 Å². The number of rotatable bonds is 5. The maximum atomic E-state index is 13.2. The Kier molecular flexibility index (Phi) is 5.13. The number of aryl methyl sites for hydroxylation is 1. The van der Waals surface area contributed by atoms with Gasteiger partial charge in [0.15, 0.2) is 5.82 Å². The standard InChI is InChI=1S/C18H24FN5O/c1-4-15(23(2)3)18(25)20-14-9-10-16-21-22-17(24(16)11-14)12-5-7-13(19)8-6-12/h5-8,14-15H,4,9-11H2,1-3H3,(H,20,25). The Bertz CT molecular complexity index is 740. The molecule has 1 aromatic carbocycles. The summed E-state index contributed by atoms with van der Waals surface area (Å²) in [6, 6.07) is 6.16. The van der Waals surface area contributed by atoms with Gasteiger partial charge in [-0.3, -0.25) is 9.69 Å². The zero-order valence-corrected chi connectivity index (χ0v) is 14.9. The van der Waals surface area contributed by atoms with E-state index in [0.717, 1.165) is 30.7 Å². The van der Waals surface area contributed by atoms with Crippen LogP contribution in [0, 0.1) is 5.82 Å². The summed E-state index contributed by atoms with van der Waals surface area (Å²) in [5, 5.41) is 11.7. The van der Waals surface area contributed by atoms with Gasteiger partial charge in [0.1, 0.15) is 11.6 Å². The van der Waals surface area contributed by atoms with Crippen molar-refractivity contribution in [2.75, 3.05) is 14.1 Å². The van der Waals surface area contributed by atoms with Crippen molar-refractivity contribution in [2.24, 2.45) is 0 Å². The minimum Gasteiger partial charge on any atom is -0.350 e. The van der Waals surface area contributed by atoms with Crippen LogP contribution < -0.4 is 5.32 Å². The molecule has 2 atom stereocenters. The van der Waals surface area contributed by atoms with Crippen molar-refractivity contribution < 1.29 is 9.18 Å². The van der Waals surface area contributed by atoms with Crippen molar-refractivity contribution in [2.45, 2.75) is 44.8 Å². The van der Waals surface area contributed by atoms with Gasteiger partial charge in [0.05, 0.1) is 6.04 Å². The molecule has 2 heterocycles. The molecule has 3 rings (SSSR count). The van der Waals surface area contributed by atoms with Gasteiger partial charge in [-0.1, -0.05) is 6.92 Å². The summed E-state index contributed by atoms with van der Waals surface area (Å²) < 4.78 is 15.2. The van der Waals surface area contributed by atoms with Crippen molar-refractivity contribution in [3.63, 3.8) is 0 Å². The summed E-state index contributed by atoms with van der Waals surface area (Å²) >= 11 is 0. The topological polar surface area (TPSA) is 63.1 Å². The van der Waals surface area contributed by atoms with E-state index in [0.29, 0.717) is 12.4 Å². The van der Waals surface area contributed by atoms with Gasteiger partial charge >= 0.3 is 0 Å². The first-order chi connectivity index (χ1) is 12.0. The van der Waals surface area contributed by atoms with Gasteiger partial charge in [0, 0.05) is 24.6 Å². The molecule has 1 N–H and O–H groups in total. The van der Waals surface area contributed by atoms with Gasteiger partial charge in [-0.15, -0.1) is 10.2 Å². The fraction of sp³-hybridized carbons (Fsp3) is 0.500. The summed E-state index contributed by atoms with van der Waals surface area (Å²) in [6.45, 7) is 2.64. The smallest absolute Gasteiger partial charge is 0.237 e. The van der Waals surface area contributed by atoms with E-state index in [4.69, 9.17) is 0 Å². The number of halogens is 1. The van der Waals surface area contributed by atoms with E-state index < -0.39 is 0 Å². The minimum atomic E-state index is -0.276. The summed E-state index contributed by atoms with van der Waals surface area (Å²) in [7, 11) is 3.83. The molecule has 25 heavy (non-hydrogen) atoms. The van der Waals surface area contributed by atoms with E-state index in [-0.39, 0.29) is 23.8 Å². The van der Waals surface area contributed by atoms with Gasteiger partial charge in [0.25, 0.3) is 0 Å². The second kappa shape index (κ2) is 7.31. The Balaban J connectivity index is 1.76. The molecule has 0 aliphatic carbocycles. The Labute approximate surface area is 147 Å². The highest BCUT2D eigenvalue weighted by molar-refractivity contribution is 5.81. The predicted molar refractivity (Wildman–Crippen MR) is 93.4 cm³/mol. The fourth-order valence-electron chi connectivity index (χ4n) is 3.34. The molecular formula is C18H24FN5O. The van der Waals surface area contributed by atoms with Crippen LogP contribution in [0.3, 0.4) is 0 Å². The molecule has 2 unspecified atom stereocenters. The number of fused-ring (bicyclic) bond motifs is 1. The molecule has 1 amide bonds. The van der Waals surface area contributed by atoms with Crippen LogP contribution >= 0.6 is 0 Å². The Morgan fingerprint density at radius 3 is 2.72 bits per heavy atom. The van der Waals surface area contributed by atoms with Crippen LogP contribution in [0.4, 0.5) is 4.39 Å². The SMILES string of the molecule is CCC(C(=O)NC1CCc2nnc(-c3ccc(F)cc3)n2C1)N(C)C. The van der Waals surface area contributed by atoms with E-state index >= 15 is 0 Å². The average Bonchev–Trinajstić information content (AvgIpc) is 2.99. The van der Waals surface area contributed by atoms with Crippen LogP contribution in [-0.4, -0.2) is 51.8 Å². The van der Waals surface area contributed by atoms with Crippen molar-refractivity contribution in [1.29, 1.82) is 0 Å². The molecule has 1 aromatic heterocycles. The number of benzene rings is 1. The molecule has 0 fully saturated rings. The highest BCUT2D eigenvalue weighted by Crippen LogP contribution is 2.23. The van der Waals surface area contributed by atoms with Crippen LogP contribution in [-0.2, 0) is 17.8 Å². The Morgan fingerprint density at radius 1 is 1.36 bits per heavy atom. The van der Waals surface area contributed by atoms with Crippen molar-refractivity contribution in [3.8, 4) is 11.4 Å². The third-order valence-corrected chi connectivity index (χ3v) is 4.71. The second-order valence-corrected chi connectivity index (χ2v) is 6.69. The van der Waals surface area contributed by atoms with Crippen LogP contribution in [0.1, 0.15) is 25.6 Å². The fourth-order valence-corrected chi connectivity index (χ4v) is 3.34. The summed E-state index contributed by atoms with van der Waals surface area (Å²) in [4.78, 5) is 14.4. The van der Waals surface area contributed by atoms with Crippen molar-refractivity contribution >= 4 is 5.91 Å². The van der Waals surface area contributed by atoms with Crippen molar-refractivity contribution in [3.05, 3.63) is 35.9 Å². The normalized spacial score (nSPS) is 18.0. The lowest BCUT2D eigenvalue weighted by atomic mass is 10.1. The maximum Gasteiger partial charge on any atom is 0.237 e. The van der Waals surface area contributed by atoms with E-state index in [1.807, 2.05) is 30.5 Å². The zero-order valence-electron chi connectivity index (χ0n) is 14.9. The molecule has 0 bridgehead atoms. The highest BCUT2D eigenvalue weighted by Gasteiger charge is 2.27. The monoisotopic (exact) mass is 345 g/mol. The Morgan fingerprint density at radius 2 is 2.08 bits per heavy atom. The first kappa shape index (κ1) is 17.5. The van der Waals surface area contributed by atoms with Crippen LogP contribution in [0.2, 0.25) is 0 Å². The molecule has 0 saturated heterocycles. The third kappa shape index (κ3) is 3.71. The largest absolute Gasteiger partial charge is 0.350 e. The van der Waals surface area contributed by atoms with E-state index in [9.17, 15) is 9.18 Å². The number of amides is 1. The molecule has 7 heteroatoms. The number of nitrogens with one attached hydrogen (secondary N) is 1. The number of aromatic nitrogens is 3. The molecule has 134 valence electrons. The molecule has 2 aromatic rings. The molecule has 0 saturated carbocycles. The van der Waals surface area contributed by atoms with E-state index in [2.05, 4.69) is 15.5 Å². The van der Waals surface area contributed by atoms with Crippen molar-refractivity contribution in [1.82, 2.24) is 25.0 Å². The van der Waals surface area contributed by atoms with Gasteiger partial charge in [0.2, 0.25) is 5.91 Å². The van der Waals surface area contributed by atoms with Crippen LogP contribution in [0.15, 0.2) is 24.3 Å². The first-order valence-electron chi connectivity index (χ1n) is 8.64. The Hall–Kier alpha value is -2.28. The predicted octanol–water partition coefficient (Wildman–Crippen LogP) is 1.86. The lowest BCUT2D eigenvalue weighted by Crippen LogP contribution is -2.49. The maximum absolute atomic E-state index is 13.2. The van der Waals surface area contributed by atoms with Crippen LogP contribution in [0.25, 0.3) is 11.4 Å².